The number of nitrogens with two attached hydrogens (primary N) is 1. The highest BCUT2D eigenvalue weighted by Crippen LogP contribution is 2.26. The monoisotopic (exact) mass is 245 g/mol. The van der Waals surface area contributed by atoms with E-state index < -0.39 is 0 Å². The van der Waals surface area contributed by atoms with Crippen molar-refractivity contribution in [1.82, 2.24) is 14.8 Å². The van der Waals surface area contributed by atoms with Gasteiger partial charge >= 0.3 is 0 Å². The summed E-state index contributed by atoms with van der Waals surface area (Å²) in [5.41, 5.74) is 8.92. The Bertz CT molecular complexity index is 519. The minimum atomic E-state index is 0.757. The van der Waals surface area contributed by atoms with E-state index in [1.54, 1.807) is 12.7 Å². The lowest BCUT2D eigenvalue weighted by atomic mass is 10.2. The fourth-order valence-corrected chi connectivity index (χ4v) is 2.13. The summed E-state index contributed by atoms with van der Waals surface area (Å²) in [5.74, 6) is 0. The van der Waals surface area contributed by atoms with Crippen LogP contribution >= 0.6 is 0 Å². The van der Waals surface area contributed by atoms with Gasteiger partial charge in [-0.15, -0.1) is 10.2 Å². The number of hydrogen-bond acceptors (Lipinski definition) is 5. The molecule has 94 valence electrons. The van der Waals surface area contributed by atoms with Gasteiger partial charge < -0.3 is 15.4 Å². The third-order valence-corrected chi connectivity index (χ3v) is 3.08. The zero-order valence-electron chi connectivity index (χ0n) is 9.99. The number of nitrogen functional groups attached to an aromatic ring is 1. The van der Waals surface area contributed by atoms with Crippen LogP contribution in [-0.2, 0) is 4.74 Å². The Kier molecular flexibility index (Phi) is 2.85. The molecule has 3 rings (SSSR count). The fourth-order valence-electron chi connectivity index (χ4n) is 2.13. The summed E-state index contributed by atoms with van der Waals surface area (Å²) in [6.07, 6.45) is 3.31. The summed E-state index contributed by atoms with van der Waals surface area (Å²) >= 11 is 0. The quantitative estimate of drug-likeness (QED) is 0.788. The van der Waals surface area contributed by atoms with Crippen molar-refractivity contribution in [1.29, 1.82) is 0 Å². The van der Waals surface area contributed by atoms with Crippen molar-refractivity contribution >= 4 is 11.4 Å². The van der Waals surface area contributed by atoms with Gasteiger partial charge in [0.1, 0.15) is 12.7 Å². The first-order valence-corrected chi connectivity index (χ1v) is 5.92. The summed E-state index contributed by atoms with van der Waals surface area (Å²) in [4.78, 5) is 2.24. The highest BCUT2D eigenvalue weighted by molar-refractivity contribution is 5.70. The van der Waals surface area contributed by atoms with Crippen molar-refractivity contribution < 1.29 is 4.74 Å². The largest absolute Gasteiger partial charge is 0.397 e. The Balaban J connectivity index is 1.89. The Morgan fingerprint density at radius 1 is 1.11 bits per heavy atom. The molecule has 0 radical (unpaired) electrons. The Morgan fingerprint density at radius 2 is 1.83 bits per heavy atom. The summed E-state index contributed by atoms with van der Waals surface area (Å²) in [7, 11) is 0. The predicted molar refractivity (Wildman–Crippen MR) is 68.8 cm³/mol. The van der Waals surface area contributed by atoms with Crippen molar-refractivity contribution in [3.8, 4) is 5.69 Å². The molecule has 0 bridgehead atoms. The highest BCUT2D eigenvalue weighted by atomic mass is 16.5. The molecular formula is C12H15N5O. The van der Waals surface area contributed by atoms with Crippen LogP contribution in [0.25, 0.3) is 5.69 Å². The van der Waals surface area contributed by atoms with Crippen molar-refractivity contribution in [3.05, 3.63) is 30.9 Å². The van der Waals surface area contributed by atoms with Gasteiger partial charge in [-0.1, -0.05) is 0 Å². The van der Waals surface area contributed by atoms with Crippen LogP contribution in [0.2, 0.25) is 0 Å². The van der Waals surface area contributed by atoms with E-state index in [0.717, 1.165) is 43.4 Å². The maximum absolute atomic E-state index is 6.12. The highest BCUT2D eigenvalue weighted by Gasteiger charge is 2.14. The number of hydrogen-bond donors (Lipinski definition) is 1. The maximum Gasteiger partial charge on any atom is 0.123 e. The molecule has 1 aliphatic heterocycles. The summed E-state index contributed by atoms with van der Waals surface area (Å²) in [6.45, 7) is 3.28. The van der Waals surface area contributed by atoms with E-state index in [-0.39, 0.29) is 0 Å². The minimum Gasteiger partial charge on any atom is -0.397 e. The molecule has 0 saturated carbocycles. The van der Waals surface area contributed by atoms with Gasteiger partial charge in [-0.25, -0.2) is 0 Å². The third kappa shape index (κ3) is 2.02. The molecule has 6 heteroatoms. The second-order valence-electron chi connectivity index (χ2n) is 4.21. The lowest BCUT2D eigenvalue weighted by Crippen LogP contribution is -2.36. The predicted octanol–water partition coefficient (Wildman–Crippen LogP) is 0.686. The van der Waals surface area contributed by atoms with Gasteiger partial charge in [0, 0.05) is 13.1 Å². The van der Waals surface area contributed by atoms with E-state index >= 15 is 0 Å². The zero-order chi connectivity index (χ0) is 12.4. The normalized spacial score (nSPS) is 15.9. The Hall–Kier alpha value is -2.08. The molecule has 2 N–H and O–H groups in total. The van der Waals surface area contributed by atoms with Crippen LogP contribution in [0.3, 0.4) is 0 Å². The molecule has 0 atom stereocenters. The number of morpholine rings is 1. The zero-order valence-corrected chi connectivity index (χ0v) is 9.99. The van der Waals surface area contributed by atoms with Crippen molar-refractivity contribution in [2.45, 2.75) is 0 Å². The van der Waals surface area contributed by atoms with Gasteiger partial charge in [0.2, 0.25) is 0 Å². The second kappa shape index (κ2) is 4.66. The second-order valence-corrected chi connectivity index (χ2v) is 4.21. The van der Waals surface area contributed by atoms with E-state index in [1.807, 2.05) is 22.8 Å². The molecule has 2 aromatic rings. The standard InChI is InChI=1S/C12H15N5O/c13-11-7-10(17-8-14-15-9-17)1-2-12(11)16-3-5-18-6-4-16/h1-2,7-9H,3-6,13H2. The molecule has 2 heterocycles. The van der Waals surface area contributed by atoms with E-state index in [4.69, 9.17) is 10.5 Å². The van der Waals surface area contributed by atoms with Gasteiger partial charge in [0.25, 0.3) is 0 Å². The van der Waals surface area contributed by atoms with Crippen LogP contribution in [0.1, 0.15) is 0 Å². The Morgan fingerprint density at radius 3 is 2.50 bits per heavy atom. The van der Waals surface area contributed by atoms with Gasteiger partial charge in [-0.3, -0.25) is 4.57 Å². The summed E-state index contributed by atoms with van der Waals surface area (Å²) < 4.78 is 7.17. The summed E-state index contributed by atoms with van der Waals surface area (Å²) in [6, 6.07) is 5.99. The van der Waals surface area contributed by atoms with Gasteiger partial charge in [0.15, 0.2) is 0 Å². The molecule has 0 unspecified atom stereocenters. The third-order valence-electron chi connectivity index (χ3n) is 3.08. The topological polar surface area (TPSA) is 69.2 Å². The van der Waals surface area contributed by atoms with E-state index in [1.165, 1.54) is 0 Å². The molecule has 1 aromatic heterocycles. The summed E-state index contributed by atoms with van der Waals surface area (Å²) in [5, 5.41) is 7.57. The molecule has 1 aliphatic rings. The SMILES string of the molecule is Nc1cc(-n2cnnc2)ccc1N1CCOCC1. The van der Waals surface area contributed by atoms with Crippen LogP contribution < -0.4 is 10.6 Å². The van der Waals surface area contributed by atoms with Crippen LogP contribution in [0.15, 0.2) is 30.9 Å². The first-order chi connectivity index (χ1) is 8.84. The Labute approximate surface area is 105 Å². The van der Waals surface area contributed by atoms with Crippen LogP contribution in [0.5, 0.6) is 0 Å². The van der Waals surface area contributed by atoms with Gasteiger partial charge in [0.05, 0.1) is 30.3 Å². The molecule has 1 aromatic carbocycles. The molecule has 0 aliphatic carbocycles. The number of benzene rings is 1. The van der Waals surface area contributed by atoms with Crippen LogP contribution in [-0.4, -0.2) is 41.1 Å². The lowest BCUT2D eigenvalue weighted by molar-refractivity contribution is 0.123. The average molecular weight is 245 g/mol. The fraction of sp³-hybridized carbons (Fsp3) is 0.333. The maximum atomic E-state index is 6.12. The van der Waals surface area contributed by atoms with E-state index in [9.17, 15) is 0 Å². The average Bonchev–Trinajstić information content (AvgIpc) is 2.93. The van der Waals surface area contributed by atoms with Gasteiger partial charge in [-0.05, 0) is 18.2 Å². The number of nitrogens with zero attached hydrogens (tertiary/aromatic N) is 4. The molecule has 6 nitrogen and oxygen atoms in total. The number of aromatic nitrogens is 3. The number of ether oxygens (including phenoxy) is 1. The van der Waals surface area contributed by atoms with Crippen molar-refractivity contribution in [2.24, 2.45) is 0 Å². The van der Waals surface area contributed by atoms with Gasteiger partial charge in [-0.2, -0.15) is 0 Å². The molecule has 18 heavy (non-hydrogen) atoms. The molecule has 0 amide bonds. The molecule has 0 spiro atoms. The lowest BCUT2D eigenvalue weighted by Gasteiger charge is -2.30. The molecular weight excluding hydrogens is 230 g/mol. The minimum absolute atomic E-state index is 0.757. The van der Waals surface area contributed by atoms with Crippen molar-refractivity contribution in [2.75, 3.05) is 36.9 Å². The van der Waals surface area contributed by atoms with Crippen LogP contribution in [0.4, 0.5) is 11.4 Å². The van der Waals surface area contributed by atoms with E-state index in [2.05, 4.69) is 15.1 Å². The number of rotatable bonds is 2. The van der Waals surface area contributed by atoms with E-state index in [0.29, 0.717) is 0 Å². The first kappa shape index (κ1) is 11.0. The smallest absolute Gasteiger partial charge is 0.123 e. The molecule has 1 fully saturated rings. The van der Waals surface area contributed by atoms with Crippen LogP contribution in [0, 0.1) is 0 Å². The van der Waals surface area contributed by atoms with Crippen molar-refractivity contribution in [3.63, 3.8) is 0 Å². The molecule has 1 saturated heterocycles. The first-order valence-electron chi connectivity index (χ1n) is 5.92. The number of anilines is 2.